The van der Waals surface area contributed by atoms with Crippen LogP contribution < -0.4 is 9.62 Å². The van der Waals surface area contributed by atoms with Gasteiger partial charge in [-0.3, -0.25) is 13.9 Å². The number of carbonyl (C=O) groups is 2. The Kier molecular flexibility index (Phi) is 10.1. The van der Waals surface area contributed by atoms with Crippen molar-refractivity contribution < 1.29 is 18.0 Å². The summed E-state index contributed by atoms with van der Waals surface area (Å²) in [6, 6.07) is 20.8. The van der Waals surface area contributed by atoms with Gasteiger partial charge in [-0.1, -0.05) is 60.4 Å². The Hall–Kier alpha value is -3.30. The minimum atomic E-state index is -4.09. The number of amides is 2. The monoisotopic (exact) mass is 593 g/mol. The van der Waals surface area contributed by atoms with Gasteiger partial charge in [-0.15, -0.1) is 11.8 Å². The van der Waals surface area contributed by atoms with E-state index in [1.807, 2.05) is 56.5 Å². The van der Waals surface area contributed by atoms with Crippen molar-refractivity contribution in [2.75, 3.05) is 17.1 Å². The predicted octanol–water partition coefficient (Wildman–Crippen LogP) is 5.70. The number of anilines is 1. The fraction of sp³-hybridized carbons (Fsp3) is 0.375. The van der Waals surface area contributed by atoms with Crippen molar-refractivity contribution in [2.45, 2.75) is 74.9 Å². The van der Waals surface area contributed by atoms with E-state index >= 15 is 0 Å². The molecule has 218 valence electrons. The summed E-state index contributed by atoms with van der Waals surface area (Å²) >= 11 is 1.52. The summed E-state index contributed by atoms with van der Waals surface area (Å²) < 4.78 is 29.1. The molecule has 1 aliphatic carbocycles. The van der Waals surface area contributed by atoms with E-state index < -0.39 is 28.5 Å². The summed E-state index contributed by atoms with van der Waals surface area (Å²) in [7, 11) is -4.09. The summed E-state index contributed by atoms with van der Waals surface area (Å²) in [5, 5.41) is 3.10. The molecule has 1 N–H and O–H groups in total. The van der Waals surface area contributed by atoms with Gasteiger partial charge in [0, 0.05) is 17.5 Å². The molecule has 0 spiro atoms. The smallest absolute Gasteiger partial charge is 0.264 e. The number of nitrogens with zero attached hydrogens (tertiary/aromatic N) is 2. The number of aryl methyl sites for hydroxylation is 2. The van der Waals surface area contributed by atoms with Gasteiger partial charge in [0.2, 0.25) is 11.8 Å². The fourth-order valence-electron chi connectivity index (χ4n) is 4.98. The number of thioether (sulfide) groups is 1. The first-order valence-corrected chi connectivity index (χ1v) is 16.6. The van der Waals surface area contributed by atoms with Gasteiger partial charge in [0.1, 0.15) is 12.6 Å². The minimum Gasteiger partial charge on any atom is -0.352 e. The highest BCUT2D eigenvalue weighted by Crippen LogP contribution is 2.27. The Bertz CT molecular complexity index is 1430. The van der Waals surface area contributed by atoms with Gasteiger partial charge in [-0.2, -0.15) is 0 Å². The molecule has 0 unspecified atom stereocenters. The Balaban J connectivity index is 1.67. The second-order valence-electron chi connectivity index (χ2n) is 10.7. The number of carbonyl (C=O) groups excluding carboxylic acids is 2. The molecule has 41 heavy (non-hydrogen) atoms. The van der Waals surface area contributed by atoms with E-state index in [2.05, 4.69) is 5.32 Å². The lowest BCUT2D eigenvalue weighted by atomic mass is 10.1. The number of rotatable bonds is 11. The van der Waals surface area contributed by atoms with Crippen molar-refractivity contribution in [2.24, 2.45) is 0 Å². The number of hydrogen-bond donors (Lipinski definition) is 1. The molecule has 2 amide bonds. The Morgan fingerprint density at radius 2 is 1.46 bits per heavy atom. The summed E-state index contributed by atoms with van der Waals surface area (Å²) in [5.41, 5.74) is 3.31. The molecule has 1 fully saturated rings. The highest BCUT2D eigenvalue weighted by atomic mass is 32.2. The molecule has 0 radical (unpaired) electrons. The zero-order valence-electron chi connectivity index (χ0n) is 24.2. The van der Waals surface area contributed by atoms with Crippen molar-refractivity contribution in [3.8, 4) is 0 Å². The third-order valence-corrected chi connectivity index (χ3v) is 10.1. The van der Waals surface area contributed by atoms with Gasteiger partial charge < -0.3 is 10.2 Å². The second-order valence-corrected chi connectivity index (χ2v) is 13.4. The van der Waals surface area contributed by atoms with Crippen molar-refractivity contribution in [1.82, 2.24) is 10.2 Å². The molecule has 0 aliphatic heterocycles. The summed E-state index contributed by atoms with van der Waals surface area (Å²) in [5.74, 6) is -0.681. The molecular formula is C32H39N3O4S2. The normalized spacial score (nSPS) is 14.4. The minimum absolute atomic E-state index is 0.0979. The van der Waals surface area contributed by atoms with Crippen LogP contribution in [-0.4, -0.2) is 50.0 Å². The zero-order valence-corrected chi connectivity index (χ0v) is 25.8. The average Bonchev–Trinajstić information content (AvgIpc) is 3.48. The first-order valence-electron chi connectivity index (χ1n) is 14.0. The van der Waals surface area contributed by atoms with Crippen LogP contribution in [0.3, 0.4) is 0 Å². The molecule has 0 aromatic heterocycles. The first kappa shape index (κ1) is 30.7. The second kappa shape index (κ2) is 13.6. The van der Waals surface area contributed by atoms with E-state index in [4.69, 9.17) is 0 Å². The summed E-state index contributed by atoms with van der Waals surface area (Å²) in [6.45, 7) is 5.36. The largest absolute Gasteiger partial charge is 0.352 e. The zero-order chi connectivity index (χ0) is 29.6. The van der Waals surface area contributed by atoms with Gasteiger partial charge in [0.25, 0.3) is 10.0 Å². The number of benzene rings is 3. The van der Waals surface area contributed by atoms with Crippen LogP contribution in [0.4, 0.5) is 5.69 Å². The molecule has 1 saturated carbocycles. The molecule has 1 aliphatic rings. The van der Waals surface area contributed by atoms with Crippen LogP contribution in [0.1, 0.15) is 49.3 Å². The molecule has 3 aromatic carbocycles. The third kappa shape index (κ3) is 7.71. The van der Waals surface area contributed by atoms with Gasteiger partial charge in [-0.25, -0.2) is 8.42 Å². The van der Waals surface area contributed by atoms with Crippen molar-refractivity contribution in [1.29, 1.82) is 0 Å². The van der Waals surface area contributed by atoms with Crippen LogP contribution >= 0.6 is 11.8 Å². The molecule has 9 heteroatoms. The predicted molar refractivity (Wildman–Crippen MR) is 166 cm³/mol. The lowest BCUT2D eigenvalue weighted by Gasteiger charge is -2.32. The lowest BCUT2D eigenvalue weighted by molar-refractivity contribution is -0.139. The van der Waals surface area contributed by atoms with Crippen LogP contribution in [0.15, 0.2) is 82.6 Å². The Labute approximate surface area is 248 Å². The molecule has 1 atom stereocenters. The SMILES string of the molecule is CSc1ccc(S(=O)(=O)N(CC(=O)N(Cc2ccc(C)cc2)[C@@H](C)C(=O)NC2CCCC2)c2ccc(C)cc2)cc1. The van der Waals surface area contributed by atoms with E-state index in [0.29, 0.717) is 5.69 Å². The quantitative estimate of drug-likeness (QED) is 0.289. The van der Waals surface area contributed by atoms with Crippen molar-refractivity contribution in [3.63, 3.8) is 0 Å². The topological polar surface area (TPSA) is 86.8 Å². The number of sulfonamides is 1. The molecule has 0 heterocycles. The molecule has 4 rings (SSSR count). The molecule has 0 saturated heterocycles. The van der Waals surface area contributed by atoms with Gasteiger partial charge in [0.15, 0.2) is 0 Å². The van der Waals surface area contributed by atoms with E-state index in [9.17, 15) is 18.0 Å². The van der Waals surface area contributed by atoms with E-state index in [1.54, 1.807) is 43.3 Å². The fourth-order valence-corrected chi connectivity index (χ4v) is 6.80. The highest BCUT2D eigenvalue weighted by Gasteiger charge is 2.33. The van der Waals surface area contributed by atoms with E-state index in [0.717, 1.165) is 51.6 Å². The van der Waals surface area contributed by atoms with Crippen LogP contribution in [0.2, 0.25) is 0 Å². The number of hydrogen-bond acceptors (Lipinski definition) is 5. The van der Waals surface area contributed by atoms with E-state index in [-0.39, 0.29) is 23.4 Å². The Morgan fingerprint density at radius 1 is 0.902 bits per heavy atom. The van der Waals surface area contributed by atoms with Crippen LogP contribution in [0, 0.1) is 13.8 Å². The van der Waals surface area contributed by atoms with Gasteiger partial charge >= 0.3 is 0 Å². The Morgan fingerprint density at radius 3 is 2.02 bits per heavy atom. The summed E-state index contributed by atoms with van der Waals surface area (Å²) in [6.07, 6.45) is 5.94. The molecular weight excluding hydrogens is 555 g/mol. The van der Waals surface area contributed by atoms with Gasteiger partial charge in [0.05, 0.1) is 10.6 Å². The average molecular weight is 594 g/mol. The van der Waals surface area contributed by atoms with Crippen molar-refractivity contribution >= 4 is 39.3 Å². The molecule has 7 nitrogen and oxygen atoms in total. The van der Waals surface area contributed by atoms with E-state index in [1.165, 1.54) is 16.7 Å². The maximum Gasteiger partial charge on any atom is 0.264 e. The van der Waals surface area contributed by atoms with Crippen LogP contribution in [-0.2, 0) is 26.2 Å². The van der Waals surface area contributed by atoms with Crippen LogP contribution in [0.5, 0.6) is 0 Å². The highest BCUT2D eigenvalue weighted by molar-refractivity contribution is 7.98. The number of nitrogens with one attached hydrogen (secondary N) is 1. The van der Waals surface area contributed by atoms with Gasteiger partial charge in [-0.05, 0) is 81.8 Å². The maximum atomic E-state index is 14.1. The molecule has 3 aromatic rings. The van der Waals surface area contributed by atoms with Crippen LogP contribution in [0.25, 0.3) is 0 Å². The molecule has 0 bridgehead atoms. The van der Waals surface area contributed by atoms with Crippen molar-refractivity contribution in [3.05, 3.63) is 89.5 Å². The maximum absolute atomic E-state index is 14.1. The third-order valence-electron chi connectivity index (χ3n) is 7.59. The lowest BCUT2D eigenvalue weighted by Crippen LogP contribution is -2.52. The first-order chi connectivity index (χ1) is 19.6. The standard InChI is InChI=1S/C32H39N3O4S2/c1-23-9-13-26(14-10-23)21-34(25(3)32(37)33-27-7-5-6-8-27)31(36)22-35(28-15-11-24(2)12-16-28)41(38,39)30-19-17-29(40-4)18-20-30/h9-20,25,27H,5-8,21-22H2,1-4H3,(H,33,37)/t25-/m0/s1. The summed E-state index contributed by atoms with van der Waals surface area (Å²) in [4.78, 5) is 29.9.